The molecule has 0 heterocycles. The molecule has 3 N–H and O–H groups in total. The second-order valence-electron chi connectivity index (χ2n) is 2.71. The Morgan fingerprint density at radius 2 is 1.11 bits per heavy atom. The molecule has 1 radical (unpaired) electrons. The topological polar surface area (TPSA) is 112 Å². The van der Waals surface area contributed by atoms with Gasteiger partial charge in [0.15, 0.2) is 0 Å². The third-order valence-corrected chi connectivity index (χ3v) is 1.67. The van der Waals surface area contributed by atoms with E-state index < -0.39 is 17.9 Å². The van der Waals surface area contributed by atoms with Gasteiger partial charge >= 0.3 is 17.9 Å². The van der Waals surface area contributed by atoms with E-state index in [1.165, 1.54) is 7.81 Å². The van der Waals surface area contributed by atoms with Gasteiger partial charge in [0.1, 0.15) is 0 Å². The second kappa shape index (κ2) is 8.33. The minimum Gasteiger partial charge on any atom is -0.478 e. The average Bonchev–Trinajstić information content (AvgIpc) is 2.29. The SMILES string of the molecule is O=C(O)c1cc(C(=O)O)cc(C(=O)O)c1.[3H][B]C.[Fe]. The van der Waals surface area contributed by atoms with Gasteiger partial charge in [0.25, 0.3) is 0 Å². The predicted molar refractivity (Wildman–Crippen MR) is 60.3 cm³/mol. The van der Waals surface area contributed by atoms with Gasteiger partial charge in [0.2, 0.25) is 0 Å². The molecule has 0 atom stereocenters. The molecule has 8 heteroatoms. The van der Waals surface area contributed by atoms with Crippen LogP contribution in [-0.2, 0) is 17.1 Å². The molecule has 0 aliphatic rings. The zero-order valence-electron chi connectivity index (χ0n) is 10.2. The summed E-state index contributed by atoms with van der Waals surface area (Å²) in [5, 5.41) is 25.8. The standard InChI is InChI=1S/C9H6O6.CH4B.Fe/c10-7(11)4-1-5(8(12)13)3-6(2-4)9(14)15;1-2;/h1-3H,(H,10,11)(H,12,13)(H,14,15);2H,1H3;/i;2T;. The molecular formula is C10H10BFeO6. The third kappa shape index (κ3) is 5.03. The van der Waals surface area contributed by atoms with Gasteiger partial charge in [0, 0.05) is 17.1 Å². The number of carbonyl (C=O) groups is 3. The number of aromatic carboxylic acids is 3. The number of benzene rings is 1. The predicted octanol–water partition coefficient (Wildman–Crippen LogP) is 0.714. The fourth-order valence-electron chi connectivity index (χ4n) is 0.998. The fraction of sp³-hybridized carbons (Fsp3) is 0.100. The Morgan fingerprint density at radius 1 is 0.944 bits per heavy atom. The van der Waals surface area contributed by atoms with Crippen LogP contribution in [0.2, 0.25) is 6.82 Å². The summed E-state index contributed by atoms with van der Waals surface area (Å²) in [7, 11) is 1.25. The van der Waals surface area contributed by atoms with E-state index in [1.54, 1.807) is 6.82 Å². The second-order valence-corrected chi connectivity index (χ2v) is 2.71. The molecule has 0 saturated carbocycles. The smallest absolute Gasteiger partial charge is 0.335 e. The van der Waals surface area contributed by atoms with E-state index >= 15 is 0 Å². The van der Waals surface area contributed by atoms with Gasteiger partial charge in [-0.3, -0.25) is 0 Å². The van der Waals surface area contributed by atoms with Crippen LogP contribution in [0.5, 0.6) is 0 Å². The van der Waals surface area contributed by atoms with E-state index in [9.17, 15) is 14.4 Å². The van der Waals surface area contributed by atoms with Crippen LogP contribution in [0.15, 0.2) is 18.2 Å². The molecule has 6 nitrogen and oxygen atoms in total. The maximum Gasteiger partial charge on any atom is 0.335 e. The summed E-state index contributed by atoms with van der Waals surface area (Å²) in [4.78, 5) is 31.7. The molecule has 0 unspecified atom stereocenters. The van der Waals surface area contributed by atoms with Crippen molar-refractivity contribution in [1.29, 1.82) is 1.34 Å². The van der Waals surface area contributed by atoms with Crippen LogP contribution >= 0.6 is 0 Å². The summed E-state index contributed by atoms with van der Waals surface area (Å²) >= 11 is 0. The Morgan fingerprint density at radius 3 is 1.22 bits per heavy atom. The summed E-state index contributed by atoms with van der Waals surface area (Å²) in [6.07, 6.45) is 0. The number of rotatable bonds is 3. The Kier molecular flexibility index (Phi) is 7.50. The van der Waals surface area contributed by atoms with Crippen molar-refractivity contribution < 1.29 is 46.8 Å². The number of carboxylic acids is 3. The van der Waals surface area contributed by atoms with Crippen molar-refractivity contribution in [1.82, 2.24) is 0 Å². The van der Waals surface area contributed by atoms with Gasteiger partial charge < -0.3 is 15.3 Å². The van der Waals surface area contributed by atoms with Gasteiger partial charge in [0.05, 0.1) is 24.5 Å². The third-order valence-electron chi connectivity index (χ3n) is 1.67. The molecule has 0 aliphatic carbocycles. The average molecular weight is 295 g/mol. The van der Waals surface area contributed by atoms with Crippen molar-refractivity contribution in [3.05, 3.63) is 34.9 Å². The number of hydrogen-bond donors (Lipinski definition) is 3. The summed E-state index contributed by atoms with van der Waals surface area (Å²) in [6.45, 7) is 1.67. The molecule has 0 amide bonds. The van der Waals surface area contributed by atoms with E-state index in [0.717, 1.165) is 18.2 Å². The molecule has 0 aromatic heterocycles. The first-order valence-electron chi connectivity index (χ1n) is 4.92. The Hall–Kier alpha value is -1.79. The molecule has 0 aliphatic heterocycles. The van der Waals surface area contributed by atoms with Crippen LogP contribution in [0.1, 0.15) is 31.1 Å². The molecular weight excluding hydrogens is 283 g/mol. The van der Waals surface area contributed by atoms with Crippen molar-refractivity contribution in [2.45, 2.75) is 6.82 Å². The van der Waals surface area contributed by atoms with E-state index in [-0.39, 0.29) is 33.8 Å². The minimum atomic E-state index is -1.37. The van der Waals surface area contributed by atoms with Crippen molar-refractivity contribution >= 4 is 25.7 Å². The maximum atomic E-state index is 10.6. The van der Waals surface area contributed by atoms with Crippen LogP contribution in [-0.4, -0.2) is 42.4 Å². The largest absolute Gasteiger partial charge is 0.478 e. The van der Waals surface area contributed by atoms with Crippen LogP contribution < -0.4 is 0 Å². The fourth-order valence-corrected chi connectivity index (χ4v) is 0.998. The van der Waals surface area contributed by atoms with Crippen LogP contribution in [0.25, 0.3) is 0 Å². The molecule has 0 saturated heterocycles. The zero-order chi connectivity index (χ0) is 14.3. The number of hydrogen-bond acceptors (Lipinski definition) is 3. The molecule has 1 aromatic rings. The minimum absolute atomic E-state index is 0. The van der Waals surface area contributed by atoms with Crippen LogP contribution in [0, 0.1) is 0 Å². The first-order chi connectivity index (χ1) is 8.33. The zero-order valence-corrected chi connectivity index (χ0v) is 10.3. The van der Waals surface area contributed by atoms with Crippen molar-refractivity contribution in [3.63, 3.8) is 0 Å². The Balaban J connectivity index is 0. The van der Waals surface area contributed by atoms with Crippen LogP contribution in [0.3, 0.4) is 0 Å². The Bertz CT molecular complexity index is 400. The van der Waals surface area contributed by atoms with E-state index in [0.29, 0.717) is 0 Å². The summed E-state index contributed by atoms with van der Waals surface area (Å²) in [5.41, 5.74) is -1.10. The molecule has 0 spiro atoms. The quantitative estimate of drug-likeness (QED) is 0.708. The number of carboxylic acid groups (broad SMARTS) is 3. The Labute approximate surface area is 116 Å². The van der Waals surface area contributed by atoms with Crippen molar-refractivity contribution in [2.24, 2.45) is 0 Å². The molecule has 18 heavy (non-hydrogen) atoms. The van der Waals surface area contributed by atoms with E-state index in [1.807, 2.05) is 0 Å². The summed E-state index contributed by atoms with van der Waals surface area (Å²) in [5.74, 6) is -4.12. The van der Waals surface area contributed by atoms with Gasteiger partial charge in [-0.05, 0) is 19.5 Å². The summed E-state index contributed by atoms with van der Waals surface area (Å²) in [6, 6.07) is 2.70. The summed E-state index contributed by atoms with van der Waals surface area (Å²) < 4.78 is 6.08. The molecule has 0 bridgehead atoms. The molecule has 1 rings (SSSR count). The van der Waals surface area contributed by atoms with Gasteiger partial charge in [-0.15, -0.1) is 0 Å². The molecule has 0 fully saturated rings. The van der Waals surface area contributed by atoms with Crippen molar-refractivity contribution in [3.8, 4) is 0 Å². The van der Waals surface area contributed by atoms with Crippen LogP contribution in [0.4, 0.5) is 0 Å². The normalized spacial score (nSPS) is 8.83. The van der Waals surface area contributed by atoms with Gasteiger partial charge in [-0.2, -0.15) is 0 Å². The monoisotopic (exact) mass is 295 g/mol. The first kappa shape index (κ1) is 16.2. The van der Waals surface area contributed by atoms with Gasteiger partial charge in [-0.1, -0.05) is 6.82 Å². The first-order valence-corrected chi connectivity index (χ1v) is 4.34. The van der Waals surface area contributed by atoms with Gasteiger partial charge in [-0.25, -0.2) is 14.4 Å². The molecule has 1 aromatic carbocycles. The van der Waals surface area contributed by atoms with E-state index in [2.05, 4.69) is 0 Å². The van der Waals surface area contributed by atoms with Crippen molar-refractivity contribution in [2.75, 3.05) is 0 Å². The van der Waals surface area contributed by atoms with E-state index in [4.69, 9.17) is 16.7 Å². The molecule has 97 valence electrons. The maximum absolute atomic E-state index is 10.6.